The van der Waals surface area contributed by atoms with Crippen molar-refractivity contribution < 1.29 is 0 Å². The minimum absolute atomic E-state index is 0.623. The number of hydrogen-bond acceptors (Lipinski definition) is 1. The van der Waals surface area contributed by atoms with E-state index in [2.05, 4.69) is 32.7 Å². The van der Waals surface area contributed by atoms with E-state index < -0.39 is 0 Å². The zero-order valence-corrected chi connectivity index (χ0v) is 10.2. The number of piperidine rings is 1. The zero-order chi connectivity index (χ0) is 10.3. The maximum absolute atomic E-state index is 2.60. The third kappa shape index (κ3) is 1.41. The summed E-state index contributed by atoms with van der Waals surface area (Å²) in [5.41, 5.74) is 0.623. The fraction of sp³-hybridized carbons (Fsp3) is 1.00. The zero-order valence-electron chi connectivity index (χ0n) is 10.2. The summed E-state index contributed by atoms with van der Waals surface area (Å²) in [5, 5.41) is 0. The van der Waals surface area contributed by atoms with Gasteiger partial charge in [0.25, 0.3) is 0 Å². The maximum Gasteiger partial charge on any atom is 0.0113 e. The van der Waals surface area contributed by atoms with Gasteiger partial charge in [0.1, 0.15) is 0 Å². The largest absolute Gasteiger partial charge is 0.300 e. The molecule has 2 aliphatic heterocycles. The molecule has 2 heterocycles. The molecule has 3 aliphatic rings. The minimum atomic E-state index is 0.623. The molecule has 3 fully saturated rings. The van der Waals surface area contributed by atoms with Crippen LogP contribution < -0.4 is 0 Å². The van der Waals surface area contributed by atoms with Crippen molar-refractivity contribution >= 4 is 0 Å². The second-order valence-electron chi connectivity index (χ2n) is 5.74. The first-order valence-corrected chi connectivity index (χ1v) is 6.32. The Hall–Kier alpha value is -0.0400. The molecule has 1 heteroatoms. The molecular weight excluding hydrogens is 170 g/mol. The predicted octanol–water partition coefficient (Wildman–Crippen LogP) is 3.30. The fourth-order valence-electron chi connectivity index (χ4n) is 3.48. The van der Waals surface area contributed by atoms with Gasteiger partial charge in [0.2, 0.25) is 0 Å². The Morgan fingerprint density at radius 1 is 1.07 bits per heavy atom. The van der Waals surface area contributed by atoms with Gasteiger partial charge in [-0.1, -0.05) is 33.6 Å². The van der Waals surface area contributed by atoms with E-state index in [1.54, 1.807) is 0 Å². The lowest BCUT2D eigenvalue weighted by atomic mass is 9.61. The van der Waals surface area contributed by atoms with Gasteiger partial charge in [-0.25, -0.2) is 0 Å². The molecule has 2 unspecified atom stereocenters. The van der Waals surface area contributed by atoms with Crippen LogP contribution in [0.25, 0.3) is 0 Å². The van der Waals surface area contributed by atoms with Crippen LogP contribution in [0.3, 0.4) is 0 Å². The molecule has 0 amide bonds. The van der Waals surface area contributed by atoms with Gasteiger partial charge in [0.15, 0.2) is 0 Å². The molecule has 0 aromatic rings. The van der Waals surface area contributed by atoms with Crippen LogP contribution in [0, 0.1) is 11.3 Å². The highest BCUT2D eigenvalue weighted by Crippen LogP contribution is 2.49. The van der Waals surface area contributed by atoms with Crippen molar-refractivity contribution in [3.63, 3.8) is 0 Å². The lowest BCUT2D eigenvalue weighted by Crippen LogP contribution is -2.60. The average Bonchev–Trinajstić information content (AvgIpc) is 2.27. The van der Waals surface area contributed by atoms with Gasteiger partial charge in [0, 0.05) is 12.1 Å². The summed E-state index contributed by atoms with van der Waals surface area (Å²) < 4.78 is 0. The van der Waals surface area contributed by atoms with E-state index in [4.69, 9.17) is 0 Å². The van der Waals surface area contributed by atoms with Crippen LogP contribution in [-0.2, 0) is 0 Å². The second-order valence-corrected chi connectivity index (χ2v) is 5.74. The summed E-state index contributed by atoms with van der Waals surface area (Å²) in [6, 6.07) is 1.85. The van der Waals surface area contributed by atoms with E-state index in [1.807, 2.05) is 0 Å². The Morgan fingerprint density at radius 2 is 1.57 bits per heavy atom. The first-order chi connectivity index (χ1) is 6.60. The van der Waals surface area contributed by atoms with Crippen LogP contribution in [-0.4, -0.2) is 24.0 Å². The molecule has 2 bridgehead atoms. The molecule has 2 saturated heterocycles. The predicted molar refractivity (Wildman–Crippen MR) is 61.4 cm³/mol. The van der Waals surface area contributed by atoms with Crippen LogP contribution in [0.4, 0.5) is 0 Å². The van der Waals surface area contributed by atoms with Crippen LogP contribution in [0.2, 0.25) is 0 Å². The fourth-order valence-corrected chi connectivity index (χ4v) is 3.48. The lowest BCUT2D eigenvalue weighted by Gasteiger charge is -2.57. The smallest absolute Gasteiger partial charge is 0.0113 e. The van der Waals surface area contributed by atoms with Crippen molar-refractivity contribution in [2.75, 3.05) is 7.05 Å². The van der Waals surface area contributed by atoms with E-state index >= 15 is 0 Å². The summed E-state index contributed by atoms with van der Waals surface area (Å²) >= 11 is 0. The molecule has 0 spiro atoms. The molecule has 14 heavy (non-hydrogen) atoms. The van der Waals surface area contributed by atoms with E-state index in [1.165, 1.54) is 32.1 Å². The van der Waals surface area contributed by atoms with Gasteiger partial charge in [-0.15, -0.1) is 0 Å². The van der Waals surface area contributed by atoms with Gasteiger partial charge in [-0.05, 0) is 37.6 Å². The molecule has 0 aromatic carbocycles. The molecule has 0 aromatic heterocycles. The second kappa shape index (κ2) is 3.52. The Kier molecular flexibility index (Phi) is 2.63. The third-order valence-electron chi connectivity index (χ3n) is 5.41. The minimum Gasteiger partial charge on any atom is -0.300 e. The van der Waals surface area contributed by atoms with Crippen molar-refractivity contribution in [1.82, 2.24) is 4.90 Å². The molecule has 1 aliphatic carbocycles. The summed E-state index contributed by atoms with van der Waals surface area (Å²) in [4.78, 5) is 2.60. The number of fused-ring (bicyclic) bond motifs is 2. The summed E-state index contributed by atoms with van der Waals surface area (Å²) in [5.74, 6) is 0.998. The SMILES string of the molecule is CCC(C)(CC)C1CC2CC(C1)N2C. The van der Waals surface area contributed by atoms with E-state index in [0.29, 0.717) is 5.41 Å². The van der Waals surface area contributed by atoms with Crippen LogP contribution in [0.1, 0.15) is 52.9 Å². The van der Waals surface area contributed by atoms with Crippen molar-refractivity contribution in [2.45, 2.75) is 65.0 Å². The van der Waals surface area contributed by atoms with E-state index in [-0.39, 0.29) is 0 Å². The van der Waals surface area contributed by atoms with Crippen LogP contribution in [0.15, 0.2) is 0 Å². The summed E-state index contributed by atoms with van der Waals surface area (Å²) in [6.45, 7) is 7.24. The lowest BCUT2D eigenvalue weighted by molar-refractivity contribution is -0.0658. The maximum atomic E-state index is 2.60. The quantitative estimate of drug-likeness (QED) is 0.668. The number of rotatable bonds is 3. The summed E-state index contributed by atoms with van der Waals surface area (Å²) in [7, 11) is 2.31. The van der Waals surface area contributed by atoms with Crippen LogP contribution in [0.5, 0.6) is 0 Å². The first kappa shape index (κ1) is 10.5. The molecule has 2 atom stereocenters. The summed E-state index contributed by atoms with van der Waals surface area (Å²) in [6.07, 6.45) is 7.13. The van der Waals surface area contributed by atoms with Crippen molar-refractivity contribution in [3.8, 4) is 0 Å². The Balaban J connectivity index is 2.01. The molecule has 1 nitrogen and oxygen atoms in total. The highest BCUT2D eigenvalue weighted by molar-refractivity contribution is 5.01. The molecular formula is C13H25N. The topological polar surface area (TPSA) is 3.24 Å². The monoisotopic (exact) mass is 195 g/mol. The molecule has 0 N–H and O–H groups in total. The highest BCUT2D eigenvalue weighted by atomic mass is 15.2. The van der Waals surface area contributed by atoms with Gasteiger partial charge in [0.05, 0.1) is 0 Å². The van der Waals surface area contributed by atoms with E-state index in [0.717, 1.165) is 18.0 Å². The van der Waals surface area contributed by atoms with Crippen LogP contribution >= 0.6 is 0 Å². The molecule has 82 valence electrons. The Bertz CT molecular complexity index is 195. The average molecular weight is 195 g/mol. The van der Waals surface area contributed by atoms with Gasteiger partial charge in [-0.3, -0.25) is 0 Å². The Morgan fingerprint density at radius 3 is 1.93 bits per heavy atom. The van der Waals surface area contributed by atoms with Gasteiger partial charge < -0.3 is 4.90 Å². The van der Waals surface area contributed by atoms with Crippen molar-refractivity contribution in [2.24, 2.45) is 11.3 Å². The molecule has 0 radical (unpaired) electrons. The van der Waals surface area contributed by atoms with Gasteiger partial charge in [-0.2, -0.15) is 0 Å². The Labute approximate surface area is 88.9 Å². The third-order valence-corrected chi connectivity index (χ3v) is 5.41. The number of nitrogens with zero attached hydrogens (tertiary/aromatic N) is 1. The van der Waals surface area contributed by atoms with E-state index in [9.17, 15) is 0 Å². The number of hydrogen-bond donors (Lipinski definition) is 0. The molecule has 3 rings (SSSR count). The van der Waals surface area contributed by atoms with Crippen molar-refractivity contribution in [1.29, 1.82) is 0 Å². The normalized spacial score (nSPS) is 38.1. The van der Waals surface area contributed by atoms with Gasteiger partial charge >= 0.3 is 0 Å². The highest BCUT2D eigenvalue weighted by Gasteiger charge is 2.47. The standard InChI is InChI=1S/C13H25N/c1-5-13(3,6-2)10-7-11-9-12(8-10)14(11)4/h10-12H,5-9H2,1-4H3. The first-order valence-electron chi connectivity index (χ1n) is 6.32. The van der Waals surface area contributed by atoms with Crippen molar-refractivity contribution in [3.05, 3.63) is 0 Å². The molecule has 1 saturated carbocycles.